The molecule has 1 aromatic heterocycles. The number of aromatic nitrogens is 1. The van der Waals surface area contributed by atoms with Crippen LogP contribution in [0.2, 0.25) is 0 Å². The SMILES string of the molecule is Cc1cc(N)c(C(F)F)c(CO)n1. The molecule has 0 radical (unpaired) electrons. The standard InChI is InChI=1S/C8H10F2N2O/c1-4-2-5(11)7(8(9)10)6(3-13)12-4/h2,8,13H,3H2,1H3,(H2,11,12). The molecule has 0 atom stereocenters. The normalized spacial score (nSPS) is 10.8. The number of hydrogen-bond donors (Lipinski definition) is 2. The number of alkyl halides is 2. The van der Waals surface area contributed by atoms with Crippen LogP contribution < -0.4 is 5.73 Å². The first-order chi connectivity index (χ1) is 6.06. The van der Waals surface area contributed by atoms with Crippen molar-refractivity contribution in [3.8, 4) is 0 Å². The Kier molecular flexibility index (Phi) is 2.77. The average Bonchev–Trinajstić information content (AvgIpc) is 2.01. The van der Waals surface area contributed by atoms with Gasteiger partial charge in [0.1, 0.15) is 0 Å². The quantitative estimate of drug-likeness (QED) is 0.737. The maximum Gasteiger partial charge on any atom is 0.267 e. The average molecular weight is 188 g/mol. The van der Waals surface area contributed by atoms with Gasteiger partial charge in [-0.15, -0.1) is 0 Å². The first-order valence-electron chi connectivity index (χ1n) is 3.71. The Hall–Kier alpha value is -1.23. The van der Waals surface area contributed by atoms with Crippen LogP contribution in [0.1, 0.15) is 23.4 Å². The number of anilines is 1. The Morgan fingerprint density at radius 1 is 1.62 bits per heavy atom. The van der Waals surface area contributed by atoms with Crippen molar-refractivity contribution in [1.82, 2.24) is 4.98 Å². The number of hydrogen-bond acceptors (Lipinski definition) is 3. The molecule has 3 nitrogen and oxygen atoms in total. The lowest BCUT2D eigenvalue weighted by Gasteiger charge is -2.09. The number of aliphatic hydroxyl groups excluding tert-OH is 1. The lowest BCUT2D eigenvalue weighted by molar-refractivity contribution is 0.147. The topological polar surface area (TPSA) is 59.1 Å². The first kappa shape index (κ1) is 9.85. The third kappa shape index (κ3) is 1.92. The van der Waals surface area contributed by atoms with Gasteiger partial charge in [0.25, 0.3) is 6.43 Å². The summed E-state index contributed by atoms with van der Waals surface area (Å²) in [4.78, 5) is 3.76. The van der Waals surface area contributed by atoms with Crippen molar-refractivity contribution < 1.29 is 13.9 Å². The highest BCUT2D eigenvalue weighted by molar-refractivity contribution is 5.50. The molecule has 0 fully saturated rings. The highest BCUT2D eigenvalue weighted by Gasteiger charge is 2.17. The number of aryl methyl sites for hydroxylation is 1. The number of rotatable bonds is 2. The number of nitrogens with zero attached hydrogens (tertiary/aromatic N) is 1. The number of aliphatic hydroxyl groups is 1. The van der Waals surface area contributed by atoms with Crippen molar-refractivity contribution >= 4 is 5.69 Å². The Labute approximate surface area is 74.2 Å². The molecule has 0 spiro atoms. The largest absolute Gasteiger partial charge is 0.398 e. The Morgan fingerprint density at radius 2 is 2.23 bits per heavy atom. The van der Waals surface area contributed by atoms with Crippen molar-refractivity contribution in [2.24, 2.45) is 0 Å². The highest BCUT2D eigenvalue weighted by Crippen LogP contribution is 2.28. The van der Waals surface area contributed by atoms with Gasteiger partial charge in [-0.05, 0) is 13.0 Å². The third-order valence-electron chi connectivity index (χ3n) is 1.67. The summed E-state index contributed by atoms with van der Waals surface area (Å²) in [6.07, 6.45) is -2.70. The second-order valence-corrected chi connectivity index (χ2v) is 2.67. The van der Waals surface area contributed by atoms with E-state index in [-0.39, 0.29) is 16.9 Å². The van der Waals surface area contributed by atoms with Gasteiger partial charge in [-0.2, -0.15) is 0 Å². The van der Waals surface area contributed by atoms with Crippen molar-refractivity contribution in [1.29, 1.82) is 0 Å². The Morgan fingerprint density at radius 3 is 2.69 bits per heavy atom. The summed E-state index contributed by atoms with van der Waals surface area (Å²) < 4.78 is 24.8. The van der Waals surface area contributed by atoms with Crippen molar-refractivity contribution in [3.63, 3.8) is 0 Å². The minimum Gasteiger partial charge on any atom is -0.398 e. The lowest BCUT2D eigenvalue weighted by atomic mass is 10.1. The van der Waals surface area contributed by atoms with Gasteiger partial charge in [0.2, 0.25) is 0 Å². The van der Waals surface area contributed by atoms with E-state index in [2.05, 4.69) is 4.98 Å². The van der Waals surface area contributed by atoms with E-state index in [1.54, 1.807) is 6.92 Å². The molecule has 72 valence electrons. The molecule has 0 saturated carbocycles. The molecule has 0 aliphatic carbocycles. The maximum absolute atomic E-state index is 12.4. The minimum atomic E-state index is -2.70. The van der Waals surface area contributed by atoms with Gasteiger partial charge in [0.05, 0.1) is 17.9 Å². The van der Waals surface area contributed by atoms with Crippen molar-refractivity contribution in [3.05, 3.63) is 23.0 Å². The molecule has 1 rings (SSSR count). The van der Waals surface area contributed by atoms with Gasteiger partial charge >= 0.3 is 0 Å². The molecule has 0 bridgehead atoms. The van der Waals surface area contributed by atoms with Gasteiger partial charge in [-0.3, -0.25) is 4.98 Å². The Bertz CT molecular complexity index is 315. The smallest absolute Gasteiger partial charge is 0.267 e. The van der Waals surface area contributed by atoms with Crippen LogP contribution in [-0.2, 0) is 6.61 Å². The van der Waals surface area contributed by atoms with E-state index >= 15 is 0 Å². The molecule has 0 amide bonds. The zero-order valence-corrected chi connectivity index (χ0v) is 7.09. The van der Waals surface area contributed by atoms with Crippen LogP contribution in [0.5, 0.6) is 0 Å². The molecule has 0 aromatic carbocycles. The van der Waals surface area contributed by atoms with E-state index in [1.165, 1.54) is 6.07 Å². The van der Waals surface area contributed by atoms with Gasteiger partial charge in [0.15, 0.2) is 0 Å². The monoisotopic (exact) mass is 188 g/mol. The maximum atomic E-state index is 12.4. The van der Waals surface area contributed by atoms with Crippen LogP contribution in [0.25, 0.3) is 0 Å². The second kappa shape index (κ2) is 3.66. The summed E-state index contributed by atoms with van der Waals surface area (Å²) in [6.45, 7) is 1.11. The Balaban J connectivity index is 3.30. The van der Waals surface area contributed by atoms with Crippen LogP contribution in [0.3, 0.4) is 0 Å². The number of halogens is 2. The molecule has 3 N–H and O–H groups in total. The predicted octanol–water partition coefficient (Wildman–Crippen LogP) is 1.40. The van der Waals surface area contributed by atoms with E-state index in [1.807, 2.05) is 0 Å². The molecule has 5 heteroatoms. The minimum absolute atomic E-state index is 0.0217. The molecule has 0 unspecified atom stereocenters. The molecule has 0 saturated heterocycles. The van der Waals surface area contributed by atoms with Gasteiger partial charge in [0, 0.05) is 11.4 Å². The van der Waals surface area contributed by atoms with Gasteiger partial charge in [-0.1, -0.05) is 0 Å². The summed E-state index contributed by atoms with van der Waals surface area (Å²) in [6, 6.07) is 1.36. The molecular formula is C8H10F2N2O. The third-order valence-corrected chi connectivity index (χ3v) is 1.67. The van der Waals surface area contributed by atoms with Crippen molar-refractivity contribution in [2.45, 2.75) is 20.0 Å². The van der Waals surface area contributed by atoms with Crippen LogP contribution in [-0.4, -0.2) is 10.1 Å². The molecular weight excluding hydrogens is 178 g/mol. The molecule has 0 aliphatic heterocycles. The van der Waals surface area contributed by atoms with E-state index in [9.17, 15) is 8.78 Å². The van der Waals surface area contributed by atoms with E-state index < -0.39 is 13.0 Å². The zero-order chi connectivity index (χ0) is 10.0. The fourth-order valence-corrected chi connectivity index (χ4v) is 1.15. The molecule has 1 heterocycles. The van der Waals surface area contributed by atoms with Crippen molar-refractivity contribution in [2.75, 3.05) is 5.73 Å². The summed E-state index contributed by atoms with van der Waals surface area (Å²) in [5.41, 5.74) is 5.45. The van der Waals surface area contributed by atoms with Gasteiger partial charge in [-0.25, -0.2) is 8.78 Å². The zero-order valence-electron chi connectivity index (χ0n) is 7.09. The predicted molar refractivity (Wildman–Crippen MR) is 44.3 cm³/mol. The molecule has 0 aliphatic rings. The summed E-state index contributed by atoms with van der Waals surface area (Å²) in [5, 5.41) is 8.76. The summed E-state index contributed by atoms with van der Waals surface area (Å²) in [5.74, 6) is 0. The van der Waals surface area contributed by atoms with Gasteiger partial charge < -0.3 is 10.8 Å². The van der Waals surface area contributed by atoms with Crippen LogP contribution in [0.15, 0.2) is 6.07 Å². The number of nitrogens with two attached hydrogens (primary N) is 1. The summed E-state index contributed by atoms with van der Waals surface area (Å²) in [7, 11) is 0. The van der Waals surface area contributed by atoms with Crippen LogP contribution in [0.4, 0.5) is 14.5 Å². The first-order valence-corrected chi connectivity index (χ1v) is 3.71. The highest BCUT2D eigenvalue weighted by atomic mass is 19.3. The number of nitrogen functional groups attached to an aromatic ring is 1. The summed E-state index contributed by atoms with van der Waals surface area (Å²) >= 11 is 0. The van der Waals surface area contributed by atoms with E-state index in [0.717, 1.165) is 0 Å². The fraction of sp³-hybridized carbons (Fsp3) is 0.375. The lowest BCUT2D eigenvalue weighted by Crippen LogP contribution is -2.05. The molecule has 1 aromatic rings. The number of pyridine rings is 1. The fourth-order valence-electron chi connectivity index (χ4n) is 1.15. The van der Waals surface area contributed by atoms with Crippen LogP contribution >= 0.6 is 0 Å². The second-order valence-electron chi connectivity index (χ2n) is 2.67. The molecule has 13 heavy (non-hydrogen) atoms. The van der Waals surface area contributed by atoms with E-state index in [4.69, 9.17) is 10.8 Å². The van der Waals surface area contributed by atoms with Crippen LogP contribution in [0, 0.1) is 6.92 Å². The van der Waals surface area contributed by atoms with E-state index in [0.29, 0.717) is 5.69 Å².